The van der Waals surface area contributed by atoms with Gasteiger partial charge in [0, 0.05) is 6.42 Å². The second kappa shape index (κ2) is 6.41. The number of amides is 1. The Morgan fingerprint density at radius 1 is 1.32 bits per heavy atom. The van der Waals surface area contributed by atoms with Crippen molar-refractivity contribution >= 4 is 11.9 Å². The lowest BCUT2D eigenvalue weighted by Crippen LogP contribution is -2.22. The standard InChI is InChI=1S/C14H19NO4/c16-13(8-5-10-3-1-2-4-10)15-9-11-6-7-12(19-11)14(17)18/h6-7,10H,1-5,8-9H2,(H,15,16)(H,17,18). The summed E-state index contributed by atoms with van der Waals surface area (Å²) in [4.78, 5) is 22.3. The van der Waals surface area contributed by atoms with Gasteiger partial charge in [0.15, 0.2) is 0 Å². The number of aromatic carboxylic acids is 1. The summed E-state index contributed by atoms with van der Waals surface area (Å²) < 4.78 is 5.06. The molecule has 5 heteroatoms. The Bertz CT molecular complexity index is 446. The lowest BCUT2D eigenvalue weighted by Gasteiger charge is -2.08. The maximum atomic E-state index is 11.6. The van der Waals surface area contributed by atoms with E-state index < -0.39 is 5.97 Å². The van der Waals surface area contributed by atoms with Gasteiger partial charge in [-0.1, -0.05) is 25.7 Å². The molecule has 1 aromatic rings. The fourth-order valence-corrected chi connectivity index (χ4v) is 2.50. The Balaban J connectivity index is 1.68. The lowest BCUT2D eigenvalue weighted by atomic mass is 10.0. The Kier molecular flexibility index (Phi) is 4.60. The molecule has 0 spiro atoms. The van der Waals surface area contributed by atoms with Crippen LogP contribution in [0.25, 0.3) is 0 Å². The van der Waals surface area contributed by atoms with Crippen LogP contribution in [-0.4, -0.2) is 17.0 Å². The maximum Gasteiger partial charge on any atom is 0.371 e. The lowest BCUT2D eigenvalue weighted by molar-refractivity contribution is -0.121. The molecule has 0 saturated heterocycles. The van der Waals surface area contributed by atoms with Gasteiger partial charge in [0.05, 0.1) is 6.54 Å². The number of hydrogen-bond acceptors (Lipinski definition) is 3. The van der Waals surface area contributed by atoms with E-state index in [0.717, 1.165) is 6.42 Å². The van der Waals surface area contributed by atoms with Crippen LogP contribution >= 0.6 is 0 Å². The van der Waals surface area contributed by atoms with Gasteiger partial charge in [-0.05, 0) is 24.5 Å². The van der Waals surface area contributed by atoms with Gasteiger partial charge in [-0.2, -0.15) is 0 Å². The molecule has 2 rings (SSSR count). The molecular formula is C14H19NO4. The van der Waals surface area contributed by atoms with E-state index in [9.17, 15) is 9.59 Å². The first kappa shape index (κ1) is 13.6. The molecule has 1 aliphatic carbocycles. The Morgan fingerprint density at radius 2 is 2.05 bits per heavy atom. The Morgan fingerprint density at radius 3 is 2.68 bits per heavy atom. The van der Waals surface area contributed by atoms with Crippen molar-refractivity contribution in [2.75, 3.05) is 0 Å². The van der Waals surface area contributed by atoms with Crippen molar-refractivity contribution in [3.63, 3.8) is 0 Å². The molecule has 1 saturated carbocycles. The van der Waals surface area contributed by atoms with Crippen molar-refractivity contribution in [1.82, 2.24) is 5.32 Å². The summed E-state index contributed by atoms with van der Waals surface area (Å²) in [6.07, 6.45) is 6.55. The van der Waals surface area contributed by atoms with E-state index in [1.54, 1.807) is 6.07 Å². The van der Waals surface area contributed by atoms with Crippen LogP contribution in [0.2, 0.25) is 0 Å². The zero-order chi connectivity index (χ0) is 13.7. The normalized spacial score (nSPS) is 15.6. The van der Waals surface area contributed by atoms with Gasteiger partial charge in [-0.15, -0.1) is 0 Å². The van der Waals surface area contributed by atoms with Crippen LogP contribution in [0, 0.1) is 5.92 Å². The Hall–Kier alpha value is -1.78. The summed E-state index contributed by atoms with van der Waals surface area (Å²) in [6, 6.07) is 2.96. The number of nitrogens with one attached hydrogen (secondary N) is 1. The largest absolute Gasteiger partial charge is 0.475 e. The van der Waals surface area contributed by atoms with Crippen molar-refractivity contribution in [3.05, 3.63) is 23.7 Å². The van der Waals surface area contributed by atoms with Crippen LogP contribution in [0.1, 0.15) is 54.8 Å². The number of carboxylic acids is 1. The highest BCUT2D eigenvalue weighted by Crippen LogP contribution is 2.28. The monoisotopic (exact) mass is 265 g/mol. The van der Waals surface area contributed by atoms with E-state index in [4.69, 9.17) is 9.52 Å². The van der Waals surface area contributed by atoms with Crippen molar-refractivity contribution in [1.29, 1.82) is 0 Å². The highest BCUT2D eigenvalue weighted by atomic mass is 16.4. The SMILES string of the molecule is O=C(CCC1CCCC1)NCc1ccc(C(=O)O)o1. The molecule has 104 valence electrons. The minimum absolute atomic E-state index is 0.000162. The van der Waals surface area contributed by atoms with Crippen LogP contribution in [0.5, 0.6) is 0 Å². The smallest absolute Gasteiger partial charge is 0.371 e. The topological polar surface area (TPSA) is 79.5 Å². The first-order valence-corrected chi connectivity index (χ1v) is 6.74. The average Bonchev–Trinajstić information content (AvgIpc) is 3.05. The number of furan rings is 1. The van der Waals surface area contributed by atoms with Crippen LogP contribution in [0.3, 0.4) is 0 Å². The zero-order valence-corrected chi connectivity index (χ0v) is 10.9. The van der Waals surface area contributed by atoms with Gasteiger partial charge in [0.2, 0.25) is 11.7 Å². The van der Waals surface area contributed by atoms with E-state index in [1.165, 1.54) is 31.7 Å². The van der Waals surface area contributed by atoms with Crippen LogP contribution in [-0.2, 0) is 11.3 Å². The zero-order valence-electron chi connectivity index (χ0n) is 10.9. The second-order valence-corrected chi connectivity index (χ2v) is 5.04. The third-order valence-electron chi connectivity index (χ3n) is 3.59. The number of carbonyl (C=O) groups is 2. The van der Waals surface area contributed by atoms with Crippen molar-refractivity contribution in [2.24, 2.45) is 5.92 Å². The number of carbonyl (C=O) groups excluding carboxylic acids is 1. The van der Waals surface area contributed by atoms with E-state index in [0.29, 0.717) is 18.1 Å². The quantitative estimate of drug-likeness (QED) is 0.828. The van der Waals surface area contributed by atoms with Crippen molar-refractivity contribution in [2.45, 2.75) is 45.1 Å². The van der Waals surface area contributed by atoms with Crippen LogP contribution in [0.4, 0.5) is 0 Å². The summed E-state index contributed by atoms with van der Waals surface area (Å²) >= 11 is 0. The molecular weight excluding hydrogens is 246 g/mol. The third-order valence-corrected chi connectivity index (χ3v) is 3.59. The Labute approximate surface area is 112 Å². The van der Waals surface area contributed by atoms with Gasteiger partial charge in [-0.3, -0.25) is 4.79 Å². The van der Waals surface area contributed by atoms with Crippen molar-refractivity contribution in [3.8, 4) is 0 Å². The molecule has 0 aliphatic heterocycles. The van der Waals surface area contributed by atoms with Crippen LogP contribution < -0.4 is 5.32 Å². The summed E-state index contributed by atoms with van der Waals surface area (Å²) in [6.45, 7) is 0.247. The minimum Gasteiger partial charge on any atom is -0.475 e. The molecule has 2 N–H and O–H groups in total. The molecule has 19 heavy (non-hydrogen) atoms. The molecule has 0 bridgehead atoms. The molecule has 1 heterocycles. The first-order valence-electron chi connectivity index (χ1n) is 6.74. The maximum absolute atomic E-state index is 11.6. The second-order valence-electron chi connectivity index (χ2n) is 5.04. The molecule has 1 aliphatic rings. The fraction of sp³-hybridized carbons (Fsp3) is 0.571. The highest BCUT2D eigenvalue weighted by Gasteiger charge is 2.16. The van der Waals surface area contributed by atoms with Crippen molar-refractivity contribution < 1.29 is 19.1 Å². The van der Waals surface area contributed by atoms with E-state index in [-0.39, 0.29) is 18.2 Å². The number of hydrogen-bond donors (Lipinski definition) is 2. The van der Waals surface area contributed by atoms with E-state index in [1.807, 2.05) is 0 Å². The van der Waals surface area contributed by atoms with E-state index in [2.05, 4.69) is 5.32 Å². The highest BCUT2D eigenvalue weighted by molar-refractivity contribution is 5.84. The third kappa shape index (κ3) is 4.12. The van der Waals surface area contributed by atoms with Gasteiger partial charge in [0.25, 0.3) is 0 Å². The van der Waals surface area contributed by atoms with Gasteiger partial charge >= 0.3 is 5.97 Å². The number of carboxylic acid groups (broad SMARTS) is 1. The van der Waals surface area contributed by atoms with Gasteiger partial charge < -0.3 is 14.8 Å². The molecule has 1 amide bonds. The number of rotatable bonds is 6. The summed E-state index contributed by atoms with van der Waals surface area (Å²) in [5.41, 5.74) is 0. The molecule has 0 radical (unpaired) electrons. The first-order chi connectivity index (χ1) is 9.15. The molecule has 1 fully saturated rings. The van der Waals surface area contributed by atoms with E-state index >= 15 is 0 Å². The summed E-state index contributed by atoms with van der Waals surface area (Å²) in [5, 5.41) is 11.4. The summed E-state index contributed by atoms with van der Waals surface area (Å²) in [7, 11) is 0. The molecule has 0 atom stereocenters. The molecule has 1 aromatic heterocycles. The fourth-order valence-electron chi connectivity index (χ4n) is 2.50. The molecule has 0 aromatic carbocycles. The molecule has 0 unspecified atom stereocenters. The predicted molar refractivity (Wildman–Crippen MR) is 68.7 cm³/mol. The van der Waals surface area contributed by atoms with Gasteiger partial charge in [-0.25, -0.2) is 4.79 Å². The minimum atomic E-state index is -1.10. The predicted octanol–water partition coefficient (Wildman–Crippen LogP) is 2.56. The van der Waals surface area contributed by atoms with Gasteiger partial charge in [0.1, 0.15) is 5.76 Å². The summed E-state index contributed by atoms with van der Waals surface area (Å²) in [5.74, 6) is -0.0335. The average molecular weight is 265 g/mol. The molecule has 5 nitrogen and oxygen atoms in total. The van der Waals surface area contributed by atoms with Crippen LogP contribution in [0.15, 0.2) is 16.5 Å².